The summed E-state index contributed by atoms with van der Waals surface area (Å²) in [6, 6.07) is 8.72. The van der Waals surface area contributed by atoms with Crippen molar-refractivity contribution in [2.75, 3.05) is 26.7 Å². The standard InChI is InChI=1S/C21H32N4O2.HI/c1-5-16-9-11-17(12-10-16)21(2,3)15-24-20(22-4)23-13-14-25-18(26)7-6-8-19(25)27;/h9-12H,5-8,13-15H2,1-4H3,(H2,22,23,24);1H. The SMILES string of the molecule is CCc1ccc(C(C)(C)CNC(=NC)NCCN2C(=O)CCCC2=O)cc1.I. The number of halogens is 1. The lowest BCUT2D eigenvalue weighted by molar-refractivity contribution is -0.147. The van der Waals surface area contributed by atoms with E-state index in [1.165, 1.54) is 16.0 Å². The number of benzene rings is 1. The minimum atomic E-state index is -0.0762. The van der Waals surface area contributed by atoms with E-state index < -0.39 is 0 Å². The van der Waals surface area contributed by atoms with Gasteiger partial charge >= 0.3 is 0 Å². The van der Waals surface area contributed by atoms with E-state index in [1.54, 1.807) is 7.05 Å². The summed E-state index contributed by atoms with van der Waals surface area (Å²) in [5.74, 6) is 0.519. The number of guanidine groups is 1. The molecule has 1 aromatic rings. The van der Waals surface area contributed by atoms with Crippen LogP contribution in [-0.2, 0) is 21.4 Å². The number of imide groups is 1. The maximum absolute atomic E-state index is 11.8. The highest BCUT2D eigenvalue weighted by molar-refractivity contribution is 14.0. The van der Waals surface area contributed by atoms with Crippen LogP contribution in [0.3, 0.4) is 0 Å². The third-order valence-electron chi connectivity index (χ3n) is 5.08. The number of carbonyl (C=O) groups is 2. The fourth-order valence-corrected chi connectivity index (χ4v) is 3.15. The summed E-state index contributed by atoms with van der Waals surface area (Å²) in [7, 11) is 1.72. The van der Waals surface area contributed by atoms with Crippen molar-refractivity contribution in [2.45, 2.75) is 51.9 Å². The Morgan fingerprint density at radius 3 is 2.25 bits per heavy atom. The molecule has 2 N–H and O–H groups in total. The van der Waals surface area contributed by atoms with Crippen LogP contribution in [0.4, 0.5) is 0 Å². The molecule has 156 valence electrons. The third kappa shape index (κ3) is 6.76. The van der Waals surface area contributed by atoms with Crippen LogP contribution in [0, 0.1) is 0 Å². The number of amides is 2. The number of likely N-dealkylation sites (tertiary alicyclic amines) is 1. The van der Waals surface area contributed by atoms with Crippen LogP contribution in [0.5, 0.6) is 0 Å². The predicted octanol–water partition coefficient (Wildman–Crippen LogP) is 2.85. The van der Waals surface area contributed by atoms with E-state index in [9.17, 15) is 9.59 Å². The van der Waals surface area contributed by atoms with Crippen LogP contribution >= 0.6 is 24.0 Å². The summed E-state index contributed by atoms with van der Waals surface area (Å²) in [5, 5.41) is 6.54. The lowest BCUT2D eigenvalue weighted by atomic mass is 9.84. The maximum atomic E-state index is 11.8. The van der Waals surface area contributed by atoms with Gasteiger partial charge in [-0.05, 0) is 24.0 Å². The fourth-order valence-electron chi connectivity index (χ4n) is 3.15. The number of piperidine rings is 1. The number of aryl methyl sites for hydroxylation is 1. The lowest BCUT2D eigenvalue weighted by Crippen LogP contribution is -2.48. The minimum absolute atomic E-state index is 0. The van der Waals surface area contributed by atoms with Crippen molar-refractivity contribution in [3.8, 4) is 0 Å². The normalized spacial score (nSPS) is 15.3. The minimum Gasteiger partial charge on any atom is -0.356 e. The van der Waals surface area contributed by atoms with E-state index in [-0.39, 0.29) is 41.2 Å². The molecule has 7 heteroatoms. The molecule has 6 nitrogen and oxygen atoms in total. The molecule has 28 heavy (non-hydrogen) atoms. The van der Waals surface area contributed by atoms with Crippen LogP contribution in [0.2, 0.25) is 0 Å². The zero-order valence-electron chi connectivity index (χ0n) is 17.4. The van der Waals surface area contributed by atoms with Crippen LogP contribution in [0.15, 0.2) is 29.3 Å². The molecule has 1 heterocycles. The van der Waals surface area contributed by atoms with Gasteiger partial charge < -0.3 is 10.6 Å². The van der Waals surface area contributed by atoms with Gasteiger partial charge in [-0.25, -0.2) is 0 Å². The highest BCUT2D eigenvalue weighted by Gasteiger charge is 2.25. The van der Waals surface area contributed by atoms with Crippen molar-refractivity contribution in [3.63, 3.8) is 0 Å². The molecular weight excluding hydrogens is 467 g/mol. The quantitative estimate of drug-likeness (QED) is 0.262. The molecule has 0 unspecified atom stereocenters. The Morgan fingerprint density at radius 2 is 1.71 bits per heavy atom. The Kier molecular flexibility index (Phi) is 9.92. The second-order valence-corrected chi connectivity index (χ2v) is 7.58. The van der Waals surface area contributed by atoms with Crippen LogP contribution in [-0.4, -0.2) is 49.4 Å². The van der Waals surface area contributed by atoms with Crippen molar-refractivity contribution in [1.82, 2.24) is 15.5 Å². The molecule has 0 bridgehead atoms. The summed E-state index contributed by atoms with van der Waals surface area (Å²) in [5.41, 5.74) is 2.55. The van der Waals surface area contributed by atoms with Gasteiger partial charge in [0.25, 0.3) is 0 Å². The molecule has 1 aliphatic heterocycles. The summed E-state index contributed by atoms with van der Waals surface area (Å²) in [6.07, 6.45) is 2.63. The van der Waals surface area contributed by atoms with Crippen molar-refractivity contribution in [2.24, 2.45) is 4.99 Å². The molecule has 0 aliphatic carbocycles. The smallest absolute Gasteiger partial charge is 0.229 e. The van der Waals surface area contributed by atoms with Crippen LogP contribution in [0.1, 0.15) is 51.2 Å². The van der Waals surface area contributed by atoms with Crippen molar-refractivity contribution >= 4 is 41.8 Å². The van der Waals surface area contributed by atoms with Gasteiger partial charge in [0.1, 0.15) is 0 Å². The summed E-state index contributed by atoms with van der Waals surface area (Å²) in [4.78, 5) is 29.3. The first-order valence-electron chi connectivity index (χ1n) is 9.74. The molecule has 2 amide bonds. The first kappa shape index (κ1) is 24.4. The van der Waals surface area contributed by atoms with Gasteiger partial charge in [-0.1, -0.05) is 45.0 Å². The van der Waals surface area contributed by atoms with E-state index >= 15 is 0 Å². The number of rotatable bonds is 7. The maximum Gasteiger partial charge on any atom is 0.229 e. The Bertz CT molecular complexity index is 670. The highest BCUT2D eigenvalue weighted by Crippen LogP contribution is 2.22. The molecule has 0 spiro atoms. The van der Waals surface area contributed by atoms with Gasteiger partial charge in [-0.2, -0.15) is 0 Å². The summed E-state index contributed by atoms with van der Waals surface area (Å²) in [6.45, 7) is 8.13. The Hall–Kier alpha value is -1.64. The lowest BCUT2D eigenvalue weighted by Gasteiger charge is -2.28. The van der Waals surface area contributed by atoms with E-state index in [2.05, 4.69) is 60.7 Å². The van der Waals surface area contributed by atoms with Crippen LogP contribution in [0.25, 0.3) is 0 Å². The largest absolute Gasteiger partial charge is 0.356 e. The fraction of sp³-hybridized carbons (Fsp3) is 0.571. The summed E-state index contributed by atoms with van der Waals surface area (Å²) >= 11 is 0. The van der Waals surface area contributed by atoms with E-state index in [0.717, 1.165) is 13.0 Å². The number of hydrogen-bond acceptors (Lipinski definition) is 3. The van der Waals surface area contributed by atoms with E-state index in [0.29, 0.717) is 38.3 Å². The molecule has 1 saturated heterocycles. The second kappa shape index (κ2) is 11.4. The first-order chi connectivity index (χ1) is 12.9. The number of nitrogens with one attached hydrogen (secondary N) is 2. The van der Waals surface area contributed by atoms with Gasteiger partial charge in [0.2, 0.25) is 11.8 Å². The zero-order chi connectivity index (χ0) is 19.9. The number of aliphatic imine (C=N–C) groups is 1. The average molecular weight is 500 g/mol. The molecule has 1 aliphatic rings. The average Bonchev–Trinajstić information content (AvgIpc) is 2.66. The second-order valence-electron chi connectivity index (χ2n) is 7.58. The molecule has 1 fully saturated rings. The monoisotopic (exact) mass is 500 g/mol. The number of carbonyl (C=O) groups excluding carboxylic acids is 2. The topological polar surface area (TPSA) is 73.8 Å². The van der Waals surface area contributed by atoms with Crippen molar-refractivity contribution < 1.29 is 9.59 Å². The van der Waals surface area contributed by atoms with Crippen molar-refractivity contribution in [1.29, 1.82) is 0 Å². The third-order valence-corrected chi connectivity index (χ3v) is 5.08. The molecule has 0 saturated carbocycles. The van der Waals surface area contributed by atoms with Crippen LogP contribution < -0.4 is 10.6 Å². The summed E-state index contributed by atoms with van der Waals surface area (Å²) < 4.78 is 0. The molecule has 1 aromatic carbocycles. The van der Waals surface area contributed by atoms with Gasteiger partial charge in [0.05, 0.1) is 0 Å². The van der Waals surface area contributed by atoms with Gasteiger partial charge in [0.15, 0.2) is 5.96 Å². The van der Waals surface area contributed by atoms with Gasteiger partial charge in [-0.15, -0.1) is 24.0 Å². The number of nitrogens with zero attached hydrogens (tertiary/aromatic N) is 2. The predicted molar refractivity (Wildman–Crippen MR) is 124 cm³/mol. The van der Waals surface area contributed by atoms with Gasteiger partial charge in [0, 0.05) is 44.9 Å². The Balaban J connectivity index is 0.00000392. The molecule has 0 atom stereocenters. The van der Waals surface area contributed by atoms with Gasteiger partial charge in [-0.3, -0.25) is 19.5 Å². The Labute approximate surface area is 185 Å². The molecule has 0 radical (unpaired) electrons. The molecule has 2 rings (SSSR count). The first-order valence-corrected chi connectivity index (χ1v) is 9.74. The zero-order valence-corrected chi connectivity index (χ0v) is 19.7. The molecule has 0 aromatic heterocycles. The van der Waals surface area contributed by atoms with E-state index in [4.69, 9.17) is 0 Å². The van der Waals surface area contributed by atoms with Crippen molar-refractivity contribution in [3.05, 3.63) is 35.4 Å². The molecular formula is C21H33IN4O2. The Morgan fingerprint density at radius 1 is 1.11 bits per heavy atom. The van der Waals surface area contributed by atoms with E-state index in [1.807, 2.05) is 0 Å². The highest BCUT2D eigenvalue weighted by atomic mass is 127. The number of hydrogen-bond donors (Lipinski definition) is 2.